The van der Waals surface area contributed by atoms with Gasteiger partial charge in [-0.3, -0.25) is 4.72 Å². The van der Waals surface area contributed by atoms with Gasteiger partial charge in [0.25, 0.3) is 10.0 Å². The first-order valence-corrected chi connectivity index (χ1v) is 9.74. The highest BCUT2D eigenvalue weighted by molar-refractivity contribution is 7.92. The number of hydrogen-bond acceptors (Lipinski definition) is 4. The molecule has 2 heterocycles. The normalized spacial score (nSPS) is 11.6. The summed E-state index contributed by atoms with van der Waals surface area (Å²) in [5, 5.41) is 4.89. The number of anilines is 1. The van der Waals surface area contributed by atoms with E-state index in [1.54, 1.807) is 10.9 Å². The predicted molar refractivity (Wildman–Crippen MR) is 100 cm³/mol. The summed E-state index contributed by atoms with van der Waals surface area (Å²) in [6.45, 7) is 0.511. The molecule has 28 heavy (non-hydrogen) atoms. The van der Waals surface area contributed by atoms with E-state index in [-0.39, 0.29) is 5.69 Å². The van der Waals surface area contributed by atoms with E-state index in [0.717, 1.165) is 17.7 Å². The predicted octanol–water partition coefficient (Wildman–Crippen LogP) is 3.56. The van der Waals surface area contributed by atoms with E-state index in [1.165, 1.54) is 12.3 Å². The zero-order valence-electron chi connectivity index (χ0n) is 14.4. The van der Waals surface area contributed by atoms with E-state index < -0.39 is 26.6 Å². The van der Waals surface area contributed by atoms with Crippen molar-refractivity contribution in [3.63, 3.8) is 0 Å². The highest BCUT2D eigenvalue weighted by Gasteiger charge is 2.20. The first kappa shape index (κ1) is 18.1. The van der Waals surface area contributed by atoms with Crippen molar-refractivity contribution in [2.75, 3.05) is 4.72 Å². The van der Waals surface area contributed by atoms with Gasteiger partial charge in [0, 0.05) is 5.39 Å². The highest BCUT2D eigenvalue weighted by Crippen LogP contribution is 2.22. The van der Waals surface area contributed by atoms with Crippen molar-refractivity contribution >= 4 is 26.7 Å². The van der Waals surface area contributed by atoms with Crippen molar-refractivity contribution in [1.82, 2.24) is 14.8 Å². The summed E-state index contributed by atoms with van der Waals surface area (Å²) >= 11 is 0. The molecule has 0 spiro atoms. The molecule has 0 amide bonds. The number of aromatic nitrogens is 3. The molecule has 0 atom stereocenters. The smallest absolute Gasteiger partial charge is 0.264 e. The van der Waals surface area contributed by atoms with Crippen LogP contribution >= 0.6 is 0 Å². The summed E-state index contributed by atoms with van der Waals surface area (Å²) in [4.78, 5) is 3.49. The number of nitrogens with zero attached hydrogens (tertiary/aromatic N) is 3. The molecule has 0 aliphatic heterocycles. The fourth-order valence-corrected chi connectivity index (χ4v) is 3.92. The van der Waals surface area contributed by atoms with Crippen molar-refractivity contribution < 1.29 is 17.2 Å². The average Bonchev–Trinajstić information content (AvgIpc) is 3.06. The van der Waals surface area contributed by atoms with Gasteiger partial charge in [0.1, 0.15) is 16.5 Å². The number of benzene rings is 2. The molecule has 0 radical (unpaired) electrons. The number of fused-ring (bicyclic) bond motifs is 1. The maximum Gasteiger partial charge on any atom is 0.264 e. The zero-order valence-corrected chi connectivity index (χ0v) is 15.2. The number of nitrogens with one attached hydrogen (secondary N) is 1. The third-order valence-electron chi connectivity index (χ3n) is 4.09. The molecule has 142 valence electrons. The van der Waals surface area contributed by atoms with Gasteiger partial charge in [-0.1, -0.05) is 30.3 Å². The Bertz CT molecular complexity index is 1260. The lowest BCUT2D eigenvalue weighted by Crippen LogP contribution is -2.15. The Morgan fingerprint density at radius 3 is 2.57 bits per heavy atom. The molecule has 0 aliphatic carbocycles. The average molecular weight is 400 g/mol. The summed E-state index contributed by atoms with van der Waals surface area (Å²) in [7, 11) is -4.31. The summed E-state index contributed by atoms with van der Waals surface area (Å²) in [5.74, 6) is -1.89. The van der Waals surface area contributed by atoms with Gasteiger partial charge in [0.2, 0.25) is 0 Å². The minimum Gasteiger partial charge on any atom is -0.278 e. The van der Waals surface area contributed by atoms with Crippen LogP contribution in [0.25, 0.3) is 11.0 Å². The van der Waals surface area contributed by atoms with E-state index in [4.69, 9.17) is 0 Å². The Morgan fingerprint density at radius 1 is 1.00 bits per heavy atom. The Kier molecular flexibility index (Phi) is 4.52. The molecular formula is C19H14F2N4O2S. The van der Waals surface area contributed by atoms with Crippen LogP contribution in [-0.4, -0.2) is 23.2 Å². The molecule has 0 bridgehead atoms. The van der Waals surface area contributed by atoms with E-state index in [2.05, 4.69) is 14.8 Å². The topological polar surface area (TPSA) is 76.9 Å². The second-order valence-corrected chi connectivity index (χ2v) is 7.76. The van der Waals surface area contributed by atoms with Crippen LogP contribution in [-0.2, 0) is 16.6 Å². The Morgan fingerprint density at radius 2 is 1.79 bits per heavy atom. The van der Waals surface area contributed by atoms with E-state index in [0.29, 0.717) is 23.6 Å². The van der Waals surface area contributed by atoms with Gasteiger partial charge in [-0.2, -0.15) is 5.10 Å². The van der Waals surface area contributed by atoms with Gasteiger partial charge < -0.3 is 0 Å². The molecule has 0 fully saturated rings. The van der Waals surface area contributed by atoms with Crippen molar-refractivity contribution in [3.05, 3.63) is 84.2 Å². The molecule has 0 saturated heterocycles. The van der Waals surface area contributed by atoms with Gasteiger partial charge in [-0.15, -0.1) is 0 Å². The lowest BCUT2D eigenvalue weighted by molar-refractivity contribution is 0.555. The second-order valence-electron chi connectivity index (χ2n) is 6.10. The SMILES string of the molecule is O=S(=O)(Nc1cnc2c(cnn2Cc2ccccc2)c1)c1cc(F)ccc1F. The van der Waals surface area contributed by atoms with Crippen LogP contribution in [0.1, 0.15) is 5.56 Å². The molecule has 6 nitrogen and oxygen atoms in total. The molecular weight excluding hydrogens is 386 g/mol. The van der Waals surface area contributed by atoms with E-state index in [9.17, 15) is 17.2 Å². The van der Waals surface area contributed by atoms with E-state index in [1.807, 2.05) is 30.3 Å². The summed E-state index contributed by atoms with van der Waals surface area (Å²) in [6, 6.07) is 13.5. The van der Waals surface area contributed by atoms with Gasteiger partial charge in [0.15, 0.2) is 5.65 Å². The van der Waals surface area contributed by atoms with Crippen LogP contribution in [0.2, 0.25) is 0 Å². The minimum atomic E-state index is -4.31. The quantitative estimate of drug-likeness (QED) is 0.556. The molecule has 4 aromatic rings. The first-order valence-electron chi connectivity index (χ1n) is 8.26. The second kappa shape index (κ2) is 7.01. The maximum absolute atomic E-state index is 13.8. The monoisotopic (exact) mass is 400 g/mol. The van der Waals surface area contributed by atoms with Crippen molar-refractivity contribution in [1.29, 1.82) is 0 Å². The standard InChI is InChI=1S/C19H14F2N4O2S/c20-15-6-7-17(21)18(9-15)28(26,27)24-16-8-14-10-23-25(19(14)22-11-16)12-13-4-2-1-3-5-13/h1-11,24H,12H2. The molecule has 2 aromatic carbocycles. The lowest BCUT2D eigenvalue weighted by atomic mass is 10.2. The van der Waals surface area contributed by atoms with Crippen molar-refractivity contribution in [2.24, 2.45) is 0 Å². The lowest BCUT2D eigenvalue weighted by Gasteiger charge is -2.09. The molecule has 0 saturated carbocycles. The summed E-state index contributed by atoms with van der Waals surface area (Å²) in [5.41, 5.74) is 1.74. The molecule has 2 aromatic heterocycles. The van der Waals surface area contributed by atoms with Gasteiger partial charge in [-0.25, -0.2) is 26.9 Å². The van der Waals surface area contributed by atoms with E-state index >= 15 is 0 Å². The summed E-state index contributed by atoms with van der Waals surface area (Å²) < 4.78 is 55.8. The van der Waals surface area contributed by atoms with Crippen LogP contribution < -0.4 is 4.72 Å². The largest absolute Gasteiger partial charge is 0.278 e. The molecule has 0 aliphatic rings. The molecule has 1 N–H and O–H groups in total. The summed E-state index contributed by atoms with van der Waals surface area (Å²) in [6.07, 6.45) is 2.87. The third-order valence-corrected chi connectivity index (χ3v) is 5.48. The number of sulfonamides is 1. The minimum absolute atomic E-state index is 0.121. The molecule has 9 heteroatoms. The van der Waals surface area contributed by atoms with Gasteiger partial charge >= 0.3 is 0 Å². The number of hydrogen-bond donors (Lipinski definition) is 1. The van der Waals surface area contributed by atoms with Crippen LogP contribution in [0.5, 0.6) is 0 Å². The fourth-order valence-electron chi connectivity index (χ4n) is 2.79. The number of pyridine rings is 1. The van der Waals surface area contributed by atoms with Crippen LogP contribution in [0.15, 0.2) is 71.9 Å². The first-order chi connectivity index (χ1) is 13.4. The van der Waals surface area contributed by atoms with Gasteiger partial charge in [-0.05, 0) is 29.8 Å². The number of rotatable bonds is 5. The molecule has 0 unspecified atom stereocenters. The van der Waals surface area contributed by atoms with Crippen LogP contribution in [0.4, 0.5) is 14.5 Å². The highest BCUT2D eigenvalue weighted by atomic mass is 32.2. The maximum atomic E-state index is 13.8. The van der Waals surface area contributed by atoms with Crippen LogP contribution in [0.3, 0.4) is 0 Å². The Balaban J connectivity index is 1.63. The van der Waals surface area contributed by atoms with Gasteiger partial charge in [0.05, 0.1) is 24.6 Å². The number of halogens is 2. The Hall–Kier alpha value is -3.33. The van der Waals surface area contributed by atoms with Crippen LogP contribution in [0, 0.1) is 11.6 Å². The fraction of sp³-hybridized carbons (Fsp3) is 0.0526. The van der Waals surface area contributed by atoms with Crippen molar-refractivity contribution in [2.45, 2.75) is 11.4 Å². The Labute approximate surface area is 159 Å². The third kappa shape index (κ3) is 3.56. The van der Waals surface area contributed by atoms with Crippen molar-refractivity contribution in [3.8, 4) is 0 Å². The zero-order chi connectivity index (χ0) is 19.7. The molecule has 4 rings (SSSR count).